The van der Waals surface area contributed by atoms with Crippen LogP contribution in [0, 0.1) is 0 Å². The molecule has 0 aliphatic heterocycles. The normalized spacial score (nSPS) is 14.0. The number of nitrogens with zero attached hydrogens (tertiary/aromatic N) is 1. The van der Waals surface area contributed by atoms with Gasteiger partial charge in [0.05, 0.1) is 19.8 Å². The van der Waals surface area contributed by atoms with Crippen LogP contribution in [0.5, 0.6) is 0 Å². The molecule has 0 fully saturated rings. The first kappa shape index (κ1) is 20.8. The number of hydrogen-bond donors (Lipinski definition) is 1. The predicted molar refractivity (Wildman–Crippen MR) is 104 cm³/mol. The molecule has 1 unspecified atom stereocenters. The summed E-state index contributed by atoms with van der Waals surface area (Å²) in [6.07, 6.45) is 5.18. The van der Waals surface area contributed by atoms with Crippen LogP contribution in [0.25, 0.3) is 0 Å². The van der Waals surface area contributed by atoms with Crippen molar-refractivity contribution in [1.82, 2.24) is 4.90 Å². The van der Waals surface area contributed by atoms with Crippen LogP contribution in [0.4, 0.5) is 0 Å². The smallest absolute Gasteiger partial charge is 0.0604 e. The van der Waals surface area contributed by atoms with Crippen molar-refractivity contribution >= 4 is 38.3 Å². The fourth-order valence-corrected chi connectivity index (χ4v) is 4.13. The molecular weight excluding hydrogens is 351 g/mol. The van der Waals surface area contributed by atoms with Crippen LogP contribution in [0.2, 0.25) is 10.0 Å². The second-order valence-corrected chi connectivity index (χ2v) is 8.64. The first-order valence-corrected chi connectivity index (χ1v) is 10.7. The Morgan fingerprint density at radius 2 is 1.74 bits per heavy atom. The lowest BCUT2D eigenvalue weighted by atomic mass is 10.2. The van der Waals surface area contributed by atoms with Crippen LogP contribution in [0.3, 0.4) is 0 Å². The highest BCUT2D eigenvalue weighted by Gasteiger charge is 2.08. The Labute approximate surface area is 151 Å². The van der Waals surface area contributed by atoms with E-state index in [0.29, 0.717) is 14.9 Å². The molecule has 0 radical (unpaired) electrons. The van der Waals surface area contributed by atoms with Gasteiger partial charge in [0.1, 0.15) is 0 Å². The van der Waals surface area contributed by atoms with Gasteiger partial charge in [-0.3, -0.25) is 5.14 Å². The number of benzene rings is 1. The molecule has 1 aromatic carbocycles. The summed E-state index contributed by atoms with van der Waals surface area (Å²) in [6.45, 7) is 7.80. The third-order valence-corrected chi connectivity index (χ3v) is 6.09. The minimum atomic E-state index is -2.65. The molecule has 0 spiro atoms. The Balaban J connectivity index is 2.52. The lowest BCUT2D eigenvalue weighted by Crippen LogP contribution is -2.26. The summed E-state index contributed by atoms with van der Waals surface area (Å²) >= 11 is 11.8. The lowest BCUT2D eigenvalue weighted by molar-refractivity contribution is 0.270. The molecule has 0 aliphatic rings. The van der Waals surface area contributed by atoms with Crippen molar-refractivity contribution < 1.29 is 4.21 Å². The van der Waals surface area contributed by atoms with E-state index in [4.69, 9.17) is 28.3 Å². The zero-order valence-corrected chi connectivity index (χ0v) is 16.4. The molecule has 0 amide bonds. The monoisotopic (exact) mass is 378 g/mol. The van der Waals surface area contributed by atoms with E-state index in [-0.39, 0.29) is 0 Å². The molecule has 0 aromatic heterocycles. The van der Waals surface area contributed by atoms with Crippen LogP contribution in [-0.4, -0.2) is 34.1 Å². The Kier molecular flexibility index (Phi) is 9.55. The molecule has 0 heterocycles. The Bertz CT molecular complexity index is 592. The summed E-state index contributed by atoms with van der Waals surface area (Å²) < 4.78 is 12.6. The fourth-order valence-electron chi connectivity index (χ4n) is 2.48. The van der Waals surface area contributed by atoms with Crippen molar-refractivity contribution in [2.45, 2.75) is 50.8 Å². The van der Waals surface area contributed by atoms with Crippen LogP contribution >= 0.6 is 23.2 Å². The summed E-state index contributed by atoms with van der Waals surface area (Å²) in [5.41, 5.74) is 0. The van der Waals surface area contributed by atoms with Gasteiger partial charge in [-0.15, -0.1) is 0 Å². The van der Waals surface area contributed by atoms with E-state index in [1.165, 1.54) is 12.8 Å². The highest BCUT2D eigenvalue weighted by Crippen LogP contribution is 2.24. The molecule has 0 saturated heterocycles. The number of hydrogen-bond acceptors (Lipinski definition) is 2. The van der Waals surface area contributed by atoms with E-state index in [1.807, 2.05) is 0 Å². The van der Waals surface area contributed by atoms with E-state index in [1.54, 1.807) is 23.6 Å². The first-order chi connectivity index (χ1) is 10.9. The van der Waals surface area contributed by atoms with Gasteiger partial charge in [-0.2, -0.15) is 0 Å². The van der Waals surface area contributed by atoms with Gasteiger partial charge in [0.2, 0.25) is 0 Å². The van der Waals surface area contributed by atoms with Crippen molar-refractivity contribution in [1.29, 1.82) is 0 Å². The topological polar surface area (TPSA) is 46.3 Å². The summed E-state index contributed by atoms with van der Waals surface area (Å²) in [5.74, 6) is 0. The van der Waals surface area contributed by atoms with Gasteiger partial charge in [-0.1, -0.05) is 37.0 Å². The van der Waals surface area contributed by atoms with Crippen LogP contribution in [-0.2, 0) is 9.71 Å². The Hall–Kier alpha value is -0.260. The van der Waals surface area contributed by atoms with Gasteiger partial charge in [0.25, 0.3) is 0 Å². The van der Waals surface area contributed by atoms with E-state index < -0.39 is 9.71 Å². The molecule has 132 valence electrons. The molecule has 1 atom stereocenters. The van der Waals surface area contributed by atoms with Gasteiger partial charge >= 0.3 is 0 Å². The molecule has 0 aliphatic carbocycles. The summed E-state index contributed by atoms with van der Waals surface area (Å²) in [5, 5.41) is 8.50. The Morgan fingerprint density at radius 3 is 2.30 bits per heavy atom. The maximum absolute atomic E-state index is 12.6. The third-order valence-electron chi connectivity index (χ3n) is 3.63. The van der Waals surface area contributed by atoms with Gasteiger partial charge in [0, 0.05) is 4.90 Å². The highest BCUT2D eigenvalue weighted by atomic mass is 35.5. The Morgan fingerprint density at radius 1 is 1.09 bits per heavy atom. The largest absolute Gasteiger partial charge is 0.303 e. The standard InChI is InChI=1S/C17H28Cl2N2OS/c1-3-10-21(11-4-2)12-6-5-7-13-23(20,22)15-8-9-16(18)17(19)14-15/h8-9,13-14H,3-7,10-12H2,1-2H3,(H2,20,22). The lowest BCUT2D eigenvalue weighted by Gasteiger charge is -2.20. The van der Waals surface area contributed by atoms with Gasteiger partial charge in [-0.25, -0.2) is 4.21 Å². The highest BCUT2D eigenvalue weighted by molar-refractivity contribution is 7.99. The minimum Gasteiger partial charge on any atom is -0.303 e. The van der Waals surface area contributed by atoms with Crippen LogP contribution < -0.4 is 5.14 Å². The van der Waals surface area contributed by atoms with Crippen molar-refractivity contribution in [3.8, 4) is 0 Å². The third kappa shape index (κ3) is 7.44. The second-order valence-electron chi connectivity index (χ2n) is 5.73. The molecule has 6 heteroatoms. The summed E-state index contributed by atoms with van der Waals surface area (Å²) in [4.78, 5) is 3.02. The number of rotatable bonds is 10. The molecule has 1 rings (SSSR count). The van der Waals surface area contributed by atoms with Crippen LogP contribution in [0.15, 0.2) is 23.1 Å². The first-order valence-electron chi connectivity index (χ1n) is 8.23. The van der Waals surface area contributed by atoms with Crippen molar-refractivity contribution in [2.75, 3.05) is 19.6 Å². The molecule has 0 bridgehead atoms. The zero-order chi connectivity index (χ0) is 17.3. The average Bonchev–Trinajstić information content (AvgIpc) is 2.50. The van der Waals surface area contributed by atoms with E-state index in [9.17, 15) is 4.21 Å². The van der Waals surface area contributed by atoms with Gasteiger partial charge < -0.3 is 4.90 Å². The fraction of sp³-hybridized carbons (Fsp3) is 0.588. The predicted octanol–water partition coefficient (Wildman–Crippen LogP) is 4.60. The molecular formula is C17H28Cl2N2OS. The van der Waals surface area contributed by atoms with E-state index in [0.717, 1.165) is 38.9 Å². The quantitative estimate of drug-likeness (QED) is 0.477. The molecule has 2 N–H and O–H groups in total. The zero-order valence-electron chi connectivity index (χ0n) is 14.1. The number of unbranched alkanes of at least 4 members (excludes halogenated alkanes) is 2. The average molecular weight is 379 g/mol. The number of nitrogens with two attached hydrogens (primary N) is 1. The van der Waals surface area contributed by atoms with Crippen molar-refractivity contribution in [3.63, 3.8) is 0 Å². The van der Waals surface area contributed by atoms with Crippen LogP contribution in [0.1, 0.15) is 46.0 Å². The maximum atomic E-state index is 12.6. The summed E-state index contributed by atoms with van der Waals surface area (Å²) in [6, 6.07) is 4.90. The maximum Gasteiger partial charge on any atom is 0.0604 e. The molecule has 1 aromatic rings. The second kappa shape index (κ2) is 10.6. The molecule has 23 heavy (non-hydrogen) atoms. The minimum absolute atomic E-state index is 0.380. The molecule has 0 saturated carbocycles. The van der Waals surface area contributed by atoms with E-state index in [2.05, 4.69) is 18.7 Å². The van der Waals surface area contributed by atoms with Crippen molar-refractivity contribution in [2.24, 2.45) is 5.14 Å². The SMILES string of the molecule is CCCN(CCC)CCCCC=S(N)(=O)c1ccc(Cl)c(Cl)c1. The molecule has 3 nitrogen and oxygen atoms in total. The van der Waals surface area contributed by atoms with Gasteiger partial charge in [0.15, 0.2) is 0 Å². The van der Waals surface area contributed by atoms with Gasteiger partial charge in [-0.05, 0) is 75.3 Å². The number of halogens is 2. The van der Waals surface area contributed by atoms with E-state index >= 15 is 0 Å². The summed E-state index contributed by atoms with van der Waals surface area (Å²) in [7, 11) is -2.65. The van der Waals surface area contributed by atoms with Crippen molar-refractivity contribution in [3.05, 3.63) is 28.2 Å².